The number of hydrogen-bond acceptors (Lipinski definition) is 5. The Morgan fingerprint density at radius 1 is 0.833 bits per heavy atom. The molecule has 1 aliphatic rings. The number of carbonyl (C=O) groups is 3. The Kier molecular flexibility index (Phi) is 4.83. The summed E-state index contributed by atoms with van der Waals surface area (Å²) in [5.74, 6) is -0.942. The normalized spacial score (nSPS) is 14.2. The molecule has 1 amide bonds. The molecule has 2 N–H and O–H groups in total. The number of Topliss-reactive ketones (excluding diaryl/α,β-unsaturated/α-hetero) is 2. The molecule has 4 rings (SSSR count). The number of nitrogens with one attached hydrogen (secondary N) is 2. The highest BCUT2D eigenvalue weighted by Crippen LogP contribution is 2.32. The Morgan fingerprint density at radius 2 is 1.40 bits per heavy atom. The Balaban J connectivity index is 1.74. The Hall–Kier alpha value is -3.93. The number of benzene rings is 3. The second kappa shape index (κ2) is 7.48. The molecule has 0 saturated heterocycles. The fourth-order valence-electron chi connectivity index (χ4n) is 3.48. The molecule has 30 heavy (non-hydrogen) atoms. The molecule has 6 nitrogen and oxygen atoms in total. The van der Waals surface area contributed by atoms with E-state index in [0.717, 1.165) is 5.56 Å². The van der Waals surface area contributed by atoms with Crippen molar-refractivity contribution in [3.8, 4) is 5.75 Å². The molecule has 3 aromatic rings. The van der Waals surface area contributed by atoms with Crippen LogP contribution in [0.5, 0.6) is 5.75 Å². The molecule has 0 radical (unpaired) electrons. The SMILES string of the molecule is COc1ccc(C(=O)NC2(Nc3ccc(C)cc3)C(=O)c3ccccc3C2=O)cc1. The van der Waals surface area contributed by atoms with E-state index in [1.54, 1.807) is 60.7 Å². The average molecular weight is 400 g/mol. The molecule has 0 saturated carbocycles. The van der Waals surface area contributed by atoms with Gasteiger partial charge in [-0.3, -0.25) is 14.4 Å². The molecule has 0 spiro atoms. The monoisotopic (exact) mass is 400 g/mol. The lowest BCUT2D eigenvalue weighted by Gasteiger charge is -2.29. The number of hydrogen-bond donors (Lipinski definition) is 2. The summed E-state index contributed by atoms with van der Waals surface area (Å²) in [7, 11) is 1.53. The van der Waals surface area contributed by atoms with E-state index in [1.165, 1.54) is 7.11 Å². The third kappa shape index (κ3) is 3.22. The van der Waals surface area contributed by atoms with Gasteiger partial charge in [-0.15, -0.1) is 0 Å². The van der Waals surface area contributed by atoms with E-state index in [0.29, 0.717) is 17.0 Å². The average Bonchev–Trinajstić information content (AvgIpc) is 2.97. The van der Waals surface area contributed by atoms with Gasteiger partial charge in [0, 0.05) is 22.4 Å². The lowest BCUT2D eigenvalue weighted by molar-refractivity contribution is 0.0726. The van der Waals surface area contributed by atoms with Crippen LogP contribution in [0.3, 0.4) is 0 Å². The van der Waals surface area contributed by atoms with Gasteiger partial charge in [-0.2, -0.15) is 0 Å². The van der Waals surface area contributed by atoms with Crippen molar-refractivity contribution in [3.63, 3.8) is 0 Å². The summed E-state index contributed by atoms with van der Waals surface area (Å²) < 4.78 is 5.11. The molecule has 150 valence electrons. The number of aryl methyl sites for hydroxylation is 1. The maximum Gasteiger partial charge on any atom is 0.253 e. The van der Waals surface area contributed by atoms with E-state index in [2.05, 4.69) is 10.6 Å². The van der Waals surface area contributed by atoms with E-state index < -0.39 is 23.1 Å². The van der Waals surface area contributed by atoms with Crippen LogP contribution in [-0.2, 0) is 0 Å². The van der Waals surface area contributed by atoms with Crippen molar-refractivity contribution >= 4 is 23.2 Å². The summed E-state index contributed by atoms with van der Waals surface area (Å²) in [6, 6.07) is 20.2. The summed E-state index contributed by atoms with van der Waals surface area (Å²) in [4.78, 5) is 39.7. The van der Waals surface area contributed by atoms with Gasteiger partial charge in [0.05, 0.1) is 7.11 Å². The zero-order valence-corrected chi connectivity index (χ0v) is 16.6. The van der Waals surface area contributed by atoms with Crippen LogP contribution in [0.25, 0.3) is 0 Å². The Bertz CT molecular complexity index is 1100. The van der Waals surface area contributed by atoms with E-state index in [9.17, 15) is 14.4 Å². The van der Waals surface area contributed by atoms with E-state index in [4.69, 9.17) is 4.74 Å². The predicted molar refractivity (Wildman–Crippen MR) is 113 cm³/mol. The Morgan fingerprint density at radius 3 is 1.93 bits per heavy atom. The second-order valence-electron chi connectivity index (χ2n) is 7.13. The highest BCUT2D eigenvalue weighted by molar-refractivity contribution is 6.35. The first-order chi connectivity index (χ1) is 14.4. The number of anilines is 1. The molecule has 3 aromatic carbocycles. The van der Waals surface area contributed by atoms with Gasteiger partial charge in [0.25, 0.3) is 5.91 Å². The van der Waals surface area contributed by atoms with Crippen molar-refractivity contribution in [1.82, 2.24) is 5.32 Å². The first-order valence-electron chi connectivity index (χ1n) is 9.44. The van der Waals surface area contributed by atoms with Crippen molar-refractivity contribution in [2.45, 2.75) is 12.6 Å². The highest BCUT2D eigenvalue weighted by atomic mass is 16.5. The standard InChI is InChI=1S/C24H20N2O4/c1-15-7-11-17(12-8-15)25-24(21(27)19-5-3-4-6-20(19)22(24)28)26-23(29)16-9-13-18(30-2)14-10-16/h3-14,25H,1-2H3,(H,26,29). The van der Waals surface area contributed by atoms with Gasteiger partial charge in [-0.25, -0.2) is 0 Å². The molecule has 0 bridgehead atoms. The van der Waals surface area contributed by atoms with Gasteiger partial charge in [-0.1, -0.05) is 42.0 Å². The molecular formula is C24H20N2O4. The predicted octanol–water partition coefficient (Wildman–Crippen LogP) is 3.62. The van der Waals surface area contributed by atoms with Crippen LogP contribution in [0.15, 0.2) is 72.8 Å². The molecular weight excluding hydrogens is 380 g/mol. The van der Waals surface area contributed by atoms with Crippen LogP contribution in [-0.4, -0.2) is 30.2 Å². The Labute approximate surface area is 173 Å². The van der Waals surface area contributed by atoms with Crippen molar-refractivity contribution in [2.24, 2.45) is 0 Å². The summed E-state index contributed by atoms with van der Waals surface area (Å²) in [6.45, 7) is 1.94. The van der Waals surface area contributed by atoms with E-state index in [1.807, 2.05) is 19.1 Å². The molecule has 0 atom stereocenters. The van der Waals surface area contributed by atoms with Gasteiger partial charge >= 0.3 is 0 Å². The number of rotatable bonds is 5. The molecule has 1 aliphatic carbocycles. The molecule has 0 unspecified atom stereocenters. The second-order valence-corrected chi connectivity index (χ2v) is 7.13. The number of ether oxygens (including phenoxy) is 1. The molecule has 0 aromatic heterocycles. The fraction of sp³-hybridized carbons (Fsp3) is 0.125. The molecule has 0 heterocycles. The van der Waals surface area contributed by atoms with Crippen LogP contribution >= 0.6 is 0 Å². The summed E-state index contributed by atoms with van der Waals surface area (Å²) in [6.07, 6.45) is 0. The quantitative estimate of drug-likeness (QED) is 0.505. The minimum atomic E-state index is -1.92. The molecule has 6 heteroatoms. The zero-order valence-electron chi connectivity index (χ0n) is 16.6. The maximum atomic E-state index is 13.3. The van der Waals surface area contributed by atoms with Crippen LogP contribution in [0.1, 0.15) is 36.6 Å². The van der Waals surface area contributed by atoms with Crippen molar-refractivity contribution in [2.75, 3.05) is 12.4 Å². The highest BCUT2D eigenvalue weighted by Gasteiger charge is 2.54. The van der Waals surface area contributed by atoms with Crippen molar-refractivity contribution in [3.05, 3.63) is 95.1 Å². The zero-order chi connectivity index (χ0) is 21.3. The minimum Gasteiger partial charge on any atom is -0.497 e. The number of fused-ring (bicyclic) bond motifs is 1. The molecule has 0 aliphatic heterocycles. The number of ketones is 2. The summed E-state index contributed by atoms with van der Waals surface area (Å²) in [5, 5.41) is 5.66. The summed E-state index contributed by atoms with van der Waals surface area (Å²) >= 11 is 0. The van der Waals surface area contributed by atoms with Gasteiger partial charge in [0.1, 0.15) is 5.75 Å². The van der Waals surface area contributed by atoms with Crippen molar-refractivity contribution < 1.29 is 19.1 Å². The minimum absolute atomic E-state index is 0.275. The summed E-state index contributed by atoms with van der Waals surface area (Å²) in [5.41, 5.74) is 0.511. The van der Waals surface area contributed by atoms with Gasteiger partial charge < -0.3 is 15.4 Å². The van der Waals surface area contributed by atoms with Gasteiger partial charge in [0.15, 0.2) is 0 Å². The number of methoxy groups -OCH3 is 1. The number of carbonyl (C=O) groups excluding carboxylic acids is 3. The van der Waals surface area contributed by atoms with Gasteiger partial charge in [0.2, 0.25) is 17.2 Å². The fourth-order valence-corrected chi connectivity index (χ4v) is 3.48. The lowest BCUT2D eigenvalue weighted by Crippen LogP contribution is -2.62. The van der Waals surface area contributed by atoms with E-state index in [-0.39, 0.29) is 11.1 Å². The first-order valence-corrected chi connectivity index (χ1v) is 9.44. The van der Waals surface area contributed by atoms with Gasteiger partial charge in [-0.05, 0) is 43.3 Å². The van der Waals surface area contributed by atoms with Crippen LogP contribution in [0.4, 0.5) is 5.69 Å². The lowest BCUT2D eigenvalue weighted by atomic mass is 10.0. The van der Waals surface area contributed by atoms with Crippen LogP contribution in [0, 0.1) is 6.92 Å². The topological polar surface area (TPSA) is 84.5 Å². The largest absolute Gasteiger partial charge is 0.497 e. The van der Waals surface area contributed by atoms with Crippen LogP contribution in [0.2, 0.25) is 0 Å². The molecule has 0 fully saturated rings. The van der Waals surface area contributed by atoms with Crippen LogP contribution < -0.4 is 15.4 Å². The smallest absolute Gasteiger partial charge is 0.253 e. The number of amides is 1. The third-order valence-electron chi connectivity index (χ3n) is 5.13. The van der Waals surface area contributed by atoms with Crippen molar-refractivity contribution in [1.29, 1.82) is 0 Å². The first kappa shape index (κ1) is 19.4. The van der Waals surface area contributed by atoms with E-state index >= 15 is 0 Å². The maximum absolute atomic E-state index is 13.3. The third-order valence-corrected chi connectivity index (χ3v) is 5.13.